The number of hydrogen-bond donors (Lipinski definition) is 2. The first-order chi connectivity index (χ1) is 9.05. The van der Waals surface area contributed by atoms with Crippen molar-refractivity contribution in [3.8, 4) is 0 Å². The summed E-state index contributed by atoms with van der Waals surface area (Å²) >= 11 is 1.52. The third-order valence-electron chi connectivity index (χ3n) is 2.94. The van der Waals surface area contributed by atoms with Gasteiger partial charge in [-0.2, -0.15) is 10.1 Å². The van der Waals surface area contributed by atoms with Gasteiger partial charge in [-0.15, -0.1) is 11.3 Å². The maximum Gasteiger partial charge on any atom is 0.322 e. The number of aryl methyl sites for hydroxylation is 1. The van der Waals surface area contributed by atoms with Gasteiger partial charge in [0.05, 0.1) is 5.54 Å². The topological polar surface area (TPSA) is 84.7 Å². The smallest absolute Gasteiger partial charge is 0.322 e. The second-order valence-corrected chi connectivity index (χ2v) is 5.20. The molecule has 0 bridgehead atoms. The van der Waals surface area contributed by atoms with Crippen LogP contribution in [0.3, 0.4) is 0 Å². The molecule has 2 aromatic heterocycles. The van der Waals surface area contributed by atoms with Crippen LogP contribution in [-0.4, -0.2) is 25.8 Å². The van der Waals surface area contributed by atoms with Gasteiger partial charge in [-0.25, -0.2) is 14.5 Å². The van der Waals surface area contributed by atoms with Crippen molar-refractivity contribution in [1.82, 2.24) is 25.1 Å². The second-order valence-electron chi connectivity index (χ2n) is 4.31. The maximum absolute atomic E-state index is 12.0. The lowest BCUT2D eigenvalue weighted by Gasteiger charge is -2.27. The highest BCUT2D eigenvalue weighted by molar-refractivity contribution is 7.09. The number of anilines is 1. The monoisotopic (exact) mass is 280 g/mol. The number of amides is 2. The molecule has 0 aromatic carbocycles. The van der Waals surface area contributed by atoms with Crippen LogP contribution in [0.5, 0.6) is 0 Å². The van der Waals surface area contributed by atoms with Gasteiger partial charge in [0.2, 0.25) is 5.95 Å². The van der Waals surface area contributed by atoms with E-state index in [0.717, 1.165) is 11.4 Å². The fourth-order valence-electron chi connectivity index (χ4n) is 1.58. The summed E-state index contributed by atoms with van der Waals surface area (Å²) < 4.78 is 1.49. The number of nitrogens with one attached hydrogen (secondary N) is 2. The van der Waals surface area contributed by atoms with E-state index in [2.05, 4.69) is 25.7 Å². The quantitative estimate of drug-likeness (QED) is 0.893. The Bertz CT molecular complexity index is 551. The van der Waals surface area contributed by atoms with Crippen LogP contribution in [0.25, 0.3) is 0 Å². The van der Waals surface area contributed by atoms with Crippen LogP contribution < -0.4 is 10.6 Å². The molecule has 2 heterocycles. The van der Waals surface area contributed by atoms with Gasteiger partial charge in [0, 0.05) is 18.6 Å². The molecule has 102 valence electrons. The van der Waals surface area contributed by atoms with Crippen molar-refractivity contribution in [1.29, 1.82) is 0 Å². The average molecular weight is 280 g/mol. The Morgan fingerprint density at radius 2 is 2.32 bits per heavy atom. The van der Waals surface area contributed by atoms with Crippen LogP contribution in [0.1, 0.15) is 25.3 Å². The third-order valence-corrected chi connectivity index (χ3v) is 3.97. The zero-order valence-corrected chi connectivity index (χ0v) is 11.9. The Hall–Kier alpha value is -1.96. The van der Waals surface area contributed by atoms with Crippen molar-refractivity contribution in [3.05, 3.63) is 22.9 Å². The fourth-order valence-corrected chi connectivity index (χ4v) is 2.41. The molecule has 0 aliphatic rings. The summed E-state index contributed by atoms with van der Waals surface area (Å²) in [6, 6.07) is -0.323. The number of carbonyl (C=O) groups excluding carboxylic acids is 1. The van der Waals surface area contributed by atoms with Gasteiger partial charge in [0.25, 0.3) is 0 Å². The molecule has 2 N–H and O–H groups in total. The zero-order chi connectivity index (χ0) is 13.9. The highest BCUT2D eigenvalue weighted by Gasteiger charge is 2.29. The summed E-state index contributed by atoms with van der Waals surface area (Å²) in [5, 5.41) is 12.2. The van der Waals surface area contributed by atoms with Gasteiger partial charge in [-0.3, -0.25) is 5.32 Å². The molecule has 0 spiro atoms. The van der Waals surface area contributed by atoms with E-state index in [1.54, 1.807) is 13.2 Å². The molecular weight excluding hydrogens is 264 g/mol. The molecule has 0 saturated heterocycles. The lowest BCUT2D eigenvalue weighted by molar-refractivity contribution is 0.237. The number of rotatable bonds is 4. The Balaban J connectivity index is 2.07. The molecule has 19 heavy (non-hydrogen) atoms. The zero-order valence-electron chi connectivity index (χ0n) is 11.0. The molecule has 0 saturated carbocycles. The Morgan fingerprint density at radius 1 is 1.53 bits per heavy atom. The largest absolute Gasteiger partial charge is 0.326 e. The fraction of sp³-hybridized carbons (Fsp3) is 0.455. The Labute approximate surface area is 115 Å². The van der Waals surface area contributed by atoms with E-state index in [9.17, 15) is 4.79 Å². The molecule has 0 unspecified atom stereocenters. The van der Waals surface area contributed by atoms with Gasteiger partial charge < -0.3 is 5.32 Å². The summed E-state index contributed by atoms with van der Waals surface area (Å²) in [7, 11) is 1.71. The van der Waals surface area contributed by atoms with Gasteiger partial charge >= 0.3 is 6.03 Å². The minimum atomic E-state index is -0.489. The Kier molecular flexibility index (Phi) is 3.79. The lowest BCUT2D eigenvalue weighted by Crippen LogP contribution is -2.45. The number of aromatic nitrogens is 4. The van der Waals surface area contributed by atoms with Crippen molar-refractivity contribution < 1.29 is 4.79 Å². The van der Waals surface area contributed by atoms with Gasteiger partial charge in [0.15, 0.2) is 0 Å². The van der Waals surface area contributed by atoms with Crippen LogP contribution in [0.4, 0.5) is 10.7 Å². The van der Waals surface area contributed by atoms with Gasteiger partial charge in [-0.05, 0) is 13.3 Å². The Morgan fingerprint density at radius 3 is 2.84 bits per heavy atom. The predicted octanol–water partition coefficient (Wildman–Crippen LogP) is 1.72. The third kappa shape index (κ3) is 2.90. The van der Waals surface area contributed by atoms with Crippen LogP contribution >= 0.6 is 11.3 Å². The van der Waals surface area contributed by atoms with E-state index in [4.69, 9.17) is 0 Å². The van der Waals surface area contributed by atoms with Gasteiger partial charge in [0.1, 0.15) is 11.3 Å². The standard InChI is InChI=1S/C11H16N6OS/c1-4-11(2,8-12-5-6-19-8)16-10(18)15-9-13-7-14-17(9)3/h5-7H,4H2,1-3H3,(H2,13,14,15,16,18)/t11-/m1/s1. The number of nitrogens with zero attached hydrogens (tertiary/aromatic N) is 4. The van der Waals surface area contributed by atoms with Crippen molar-refractivity contribution in [2.45, 2.75) is 25.8 Å². The average Bonchev–Trinajstić information content (AvgIpc) is 3.02. The first-order valence-electron chi connectivity index (χ1n) is 5.88. The number of thiazole rings is 1. The lowest BCUT2D eigenvalue weighted by atomic mass is 10.0. The molecule has 0 radical (unpaired) electrons. The van der Waals surface area contributed by atoms with Crippen molar-refractivity contribution in [3.63, 3.8) is 0 Å². The summed E-state index contributed by atoms with van der Waals surface area (Å²) in [6.07, 6.45) is 3.86. The van der Waals surface area contributed by atoms with Crippen LogP contribution in [0, 0.1) is 0 Å². The summed E-state index contributed by atoms with van der Waals surface area (Å²) in [5.74, 6) is 0.398. The van der Waals surface area contributed by atoms with E-state index in [-0.39, 0.29) is 6.03 Å². The molecule has 2 aromatic rings. The van der Waals surface area contributed by atoms with E-state index in [1.807, 2.05) is 19.2 Å². The summed E-state index contributed by atoms with van der Waals surface area (Å²) in [5.41, 5.74) is -0.489. The van der Waals surface area contributed by atoms with Crippen LogP contribution in [0.2, 0.25) is 0 Å². The highest BCUT2D eigenvalue weighted by atomic mass is 32.1. The van der Waals surface area contributed by atoms with Gasteiger partial charge in [-0.1, -0.05) is 6.92 Å². The predicted molar refractivity (Wildman–Crippen MR) is 72.9 cm³/mol. The molecule has 2 amide bonds. The normalized spacial score (nSPS) is 13.8. The number of hydrogen-bond acceptors (Lipinski definition) is 5. The van der Waals surface area contributed by atoms with E-state index in [1.165, 1.54) is 22.3 Å². The highest BCUT2D eigenvalue weighted by Crippen LogP contribution is 2.26. The maximum atomic E-state index is 12.0. The molecule has 7 nitrogen and oxygen atoms in total. The summed E-state index contributed by atoms with van der Waals surface area (Å²) in [4.78, 5) is 20.2. The molecule has 0 aliphatic carbocycles. The molecule has 1 atom stereocenters. The number of carbonyl (C=O) groups is 1. The van der Waals surface area contributed by atoms with Crippen molar-refractivity contribution in [2.24, 2.45) is 7.05 Å². The molecule has 0 aliphatic heterocycles. The summed E-state index contributed by atoms with van der Waals surface area (Å²) in [6.45, 7) is 3.95. The van der Waals surface area contributed by atoms with Crippen LogP contribution in [-0.2, 0) is 12.6 Å². The molecular formula is C11H16N6OS. The first kappa shape index (κ1) is 13.5. The first-order valence-corrected chi connectivity index (χ1v) is 6.76. The second kappa shape index (κ2) is 5.35. The minimum Gasteiger partial charge on any atom is -0.326 e. The van der Waals surface area contributed by atoms with E-state index in [0.29, 0.717) is 5.95 Å². The molecule has 8 heteroatoms. The minimum absolute atomic E-state index is 0.323. The number of urea groups is 1. The molecule has 2 rings (SSSR count). The molecule has 0 fully saturated rings. The van der Waals surface area contributed by atoms with Crippen molar-refractivity contribution in [2.75, 3.05) is 5.32 Å². The van der Waals surface area contributed by atoms with Crippen LogP contribution in [0.15, 0.2) is 17.9 Å². The van der Waals surface area contributed by atoms with Crippen molar-refractivity contribution >= 4 is 23.3 Å². The SMILES string of the molecule is CC[C@@](C)(NC(=O)Nc1ncnn1C)c1nccs1. The van der Waals surface area contributed by atoms with E-state index >= 15 is 0 Å². The van der Waals surface area contributed by atoms with E-state index < -0.39 is 5.54 Å².